The van der Waals surface area contributed by atoms with Crippen molar-refractivity contribution in [2.24, 2.45) is 17.0 Å². The Morgan fingerprint density at radius 2 is 1.52 bits per heavy atom. The Morgan fingerprint density at radius 3 is 2.07 bits per heavy atom. The summed E-state index contributed by atoms with van der Waals surface area (Å²) >= 11 is 0. The molecule has 0 spiro atoms. The molecule has 2 fully saturated rings. The van der Waals surface area contributed by atoms with E-state index in [1.165, 1.54) is 30.7 Å². The number of likely N-dealkylation sites (tertiary alicyclic amines) is 1. The fraction of sp³-hybridized carbons (Fsp3) is 0.579. The first kappa shape index (κ1) is 19.8. The van der Waals surface area contributed by atoms with Gasteiger partial charge in [-0.2, -0.15) is 0 Å². The van der Waals surface area contributed by atoms with Gasteiger partial charge < -0.3 is 10.2 Å². The normalized spacial score (nSPS) is 19.7. The Labute approximate surface area is 160 Å². The smallest absolute Gasteiger partial charge is 0.238 e. The van der Waals surface area contributed by atoms with Gasteiger partial charge in [-0.05, 0) is 49.9 Å². The number of piperidine rings is 1. The quantitative estimate of drug-likeness (QED) is 0.816. The lowest BCUT2D eigenvalue weighted by Gasteiger charge is -2.34. The molecule has 0 bridgehead atoms. The lowest BCUT2D eigenvalue weighted by atomic mass is 9.87. The maximum absolute atomic E-state index is 12.6. The van der Waals surface area contributed by atoms with Crippen molar-refractivity contribution in [3.05, 3.63) is 24.3 Å². The van der Waals surface area contributed by atoms with Crippen molar-refractivity contribution < 1.29 is 18.0 Å². The zero-order valence-corrected chi connectivity index (χ0v) is 16.2. The van der Waals surface area contributed by atoms with Crippen LogP contribution in [0.3, 0.4) is 0 Å². The van der Waals surface area contributed by atoms with Crippen LogP contribution in [0, 0.1) is 11.8 Å². The molecule has 7 nitrogen and oxygen atoms in total. The van der Waals surface area contributed by atoms with Gasteiger partial charge in [0.1, 0.15) is 0 Å². The number of hydrogen-bond donors (Lipinski definition) is 2. The zero-order valence-electron chi connectivity index (χ0n) is 15.4. The molecular formula is C19H27N3O4S. The first-order valence-electron chi connectivity index (χ1n) is 9.57. The summed E-state index contributed by atoms with van der Waals surface area (Å²) in [7, 11) is -3.74. The highest BCUT2D eigenvalue weighted by molar-refractivity contribution is 7.89. The third kappa shape index (κ3) is 5.07. The summed E-state index contributed by atoms with van der Waals surface area (Å²) in [5.41, 5.74) is 0.535. The Balaban J connectivity index is 1.50. The number of nitrogens with one attached hydrogen (secondary N) is 1. The molecule has 0 unspecified atom stereocenters. The second-order valence-corrected chi connectivity index (χ2v) is 9.05. The Hall–Kier alpha value is -1.93. The van der Waals surface area contributed by atoms with Crippen molar-refractivity contribution in [3.8, 4) is 0 Å². The average molecular weight is 394 g/mol. The maximum Gasteiger partial charge on any atom is 0.238 e. The molecule has 1 aliphatic carbocycles. The monoisotopic (exact) mass is 393 g/mol. The number of rotatable bonds is 4. The molecule has 2 amide bonds. The standard InChI is InChI=1S/C19H27N3O4S/c20-27(25,26)17-8-6-16(7-9-17)21-18(23)14-10-12-22(13-11-14)19(24)15-4-2-1-3-5-15/h6-9,14-15H,1-5,10-13H2,(H,21,23)(H2,20,25,26). The third-order valence-electron chi connectivity index (χ3n) is 5.58. The lowest BCUT2D eigenvalue weighted by molar-refractivity contribution is -0.139. The minimum atomic E-state index is -3.74. The van der Waals surface area contributed by atoms with E-state index in [0.29, 0.717) is 31.6 Å². The van der Waals surface area contributed by atoms with Gasteiger partial charge in [0.15, 0.2) is 0 Å². The van der Waals surface area contributed by atoms with Crippen LogP contribution in [0.25, 0.3) is 0 Å². The summed E-state index contributed by atoms with van der Waals surface area (Å²) in [6.07, 6.45) is 6.80. The van der Waals surface area contributed by atoms with Gasteiger partial charge in [0, 0.05) is 30.6 Å². The van der Waals surface area contributed by atoms with E-state index >= 15 is 0 Å². The molecule has 1 aliphatic heterocycles. The van der Waals surface area contributed by atoms with Gasteiger partial charge in [0.2, 0.25) is 21.8 Å². The van der Waals surface area contributed by atoms with Crippen molar-refractivity contribution in [1.29, 1.82) is 0 Å². The topological polar surface area (TPSA) is 110 Å². The van der Waals surface area contributed by atoms with Crippen LogP contribution in [0.15, 0.2) is 29.2 Å². The second kappa shape index (κ2) is 8.39. The second-order valence-electron chi connectivity index (χ2n) is 7.49. The van der Waals surface area contributed by atoms with Crippen LogP contribution in [0.1, 0.15) is 44.9 Å². The van der Waals surface area contributed by atoms with E-state index in [-0.39, 0.29) is 28.5 Å². The molecule has 0 aromatic heterocycles. The van der Waals surface area contributed by atoms with E-state index in [4.69, 9.17) is 5.14 Å². The lowest BCUT2D eigenvalue weighted by Crippen LogP contribution is -2.44. The molecule has 27 heavy (non-hydrogen) atoms. The highest BCUT2D eigenvalue weighted by Crippen LogP contribution is 2.28. The summed E-state index contributed by atoms with van der Waals surface area (Å²) in [4.78, 5) is 27.0. The number of primary sulfonamides is 1. The molecule has 8 heteroatoms. The number of benzene rings is 1. The number of amides is 2. The highest BCUT2D eigenvalue weighted by atomic mass is 32.2. The van der Waals surface area contributed by atoms with Crippen LogP contribution in [0.5, 0.6) is 0 Å². The molecule has 2 aliphatic rings. The minimum absolute atomic E-state index is 0.00929. The molecule has 148 valence electrons. The molecule has 0 atom stereocenters. The van der Waals surface area contributed by atoms with E-state index < -0.39 is 10.0 Å². The van der Waals surface area contributed by atoms with Gasteiger partial charge in [0.25, 0.3) is 0 Å². The van der Waals surface area contributed by atoms with Crippen molar-refractivity contribution >= 4 is 27.5 Å². The van der Waals surface area contributed by atoms with Gasteiger partial charge in [-0.1, -0.05) is 19.3 Å². The molecule has 3 N–H and O–H groups in total. The minimum Gasteiger partial charge on any atom is -0.342 e. The van der Waals surface area contributed by atoms with Crippen LogP contribution < -0.4 is 10.5 Å². The van der Waals surface area contributed by atoms with E-state index in [0.717, 1.165) is 25.7 Å². The third-order valence-corrected chi connectivity index (χ3v) is 6.51. The number of hydrogen-bond acceptors (Lipinski definition) is 4. The van der Waals surface area contributed by atoms with E-state index in [1.807, 2.05) is 4.90 Å². The molecule has 0 radical (unpaired) electrons. The number of carbonyl (C=O) groups is 2. The highest BCUT2D eigenvalue weighted by Gasteiger charge is 2.31. The number of nitrogens with zero attached hydrogens (tertiary/aromatic N) is 1. The SMILES string of the molecule is NS(=O)(=O)c1ccc(NC(=O)C2CCN(C(=O)C3CCCCC3)CC2)cc1. The molecular weight excluding hydrogens is 366 g/mol. The summed E-state index contributed by atoms with van der Waals surface area (Å²) in [6, 6.07) is 5.80. The van der Waals surface area contributed by atoms with E-state index in [9.17, 15) is 18.0 Å². The molecule has 1 aromatic rings. The van der Waals surface area contributed by atoms with Crippen molar-refractivity contribution in [2.75, 3.05) is 18.4 Å². The van der Waals surface area contributed by atoms with Crippen LogP contribution in [-0.2, 0) is 19.6 Å². The Kier molecular flexibility index (Phi) is 6.16. The summed E-state index contributed by atoms with van der Waals surface area (Å²) in [6.45, 7) is 1.25. The summed E-state index contributed by atoms with van der Waals surface area (Å²) in [5, 5.41) is 7.89. The number of sulfonamides is 1. The number of nitrogens with two attached hydrogens (primary N) is 1. The predicted octanol–water partition coefficient (Wildman–Crippen LogP) is 2.09. The molecule has 1 heterocycles. The fourth-order valence-electron chi connectivity index (χ4n) is 3.94. The van der Waals surface area contributed by atoms with Gasteiger partial charge in [-0.15, -0.1) is 0 Å². The van der Waals surface area contributed by atoms with Gasteiger partial charge in [-0.25, -0.2) is 13.6 Å². The Bertz CT molecular complexity index is 778. The van der Waals surface area contributed by atoms with Crippen LogP contribution in [-0.4, -0.2) is 38.2 Å². The van der Waals surface area contributed by atoms with Crippen molar-refractivity contribution in [1.82, 2.24) is 4.90 Å². The molecule has 1 saturated carbocycles. The zero-order chi connectivity index (χ0) is 19.4. The van der Waals surface area contributed by atoms with E-state index in [2.05, 4.69) is 5.32 Å². The fourth-order valence-corrected chi connectivity index (χ4v) is 4.46. The van der Waals surface area contributed by atoms with E-state index in [1.54, 1.807) is 0 Å². The first-order chi connectivity index (χ1) is 12.8. The number of carbonyl (C=O) groups excluding carboxylic acids is 2. The Morgan fingerprint density at radius 1 is 0.926 bits per heavy atom. The maximum atomic E-state index is 12.6. The molecule has 1 saturated heterocycles. The molecule has 3 rings (SSSR count). The number of anilines is 1. The van der Waals surface area contributed by atoms with Gasteiger partial charge >= 0.3 is 0 Å². The summed E-state index contributed by atoms with van der Waals surface area (Å²) < 4.78 is 22.5. The van der Waals surface area contributed by atoms with Crippen LogP contribution >= 0.6 is 0 Å². The summed E-state index contributed by atoms with van der Waals surface area (Å²) in [5.74, 6) is 0.190. The van der Waals surface area contributed by atoms with Crippen molar-refractivity contribution in [3.63, 3.8) is 0 Å². The average Bonchev–Trinajstić information content (AvgIpc) is 2.68. The van der Waals surface area contributed by atoms with Crippen LogP contribution in [0.2, 0.25) is 0 Å². The van der Waals surface area contributed by atoms with Gasteiger partial charge in [0.05, 0.1) is 4.90 Å². The van der Waals surface area contributed by atoms with Crippen LogP contribution in [0.4, 0.5) is 5.69 Å². The predicted molar refractivity (Wildman–Crippen MR) is 102 cm³/mol. The first-order valence-corrected chi connectivity index (χ1v) is 11.1. The molecule has 1 aromatic carbocycles. The van der Waals surface area contributed by atoms with Gasteiger partial charge in [-0.3, -0.25) is 9.59 Å². The van der Waals surface area contributed by atoms with Crippen molar-refractivity contribution in [2.45, 2.75) is 49.8 Å². The largest absolute Gasteiger partial charge is 0.342 e.